The van der Waals surface area contributed by atoms with E-state index in [0.29, 0.717) is 11.3 Å². The van der Waals surface area contributed by atoms with Crippen LogP contribution in [0, 0.1) is 6.92 Å². The highest BCUT2D eigenvalue weighted by molar-refractivity contribution is 5.96. The molecule has 0 atom stereocenters. The fourth-order valence-electron chi connectivity index (χ4n) is 5.30. The second kappa shape index (κ2) is 10.5. The van der Waals surface area contributed by atoms with Crippen molar-refractivity contribution in [1.82, 2.24) is 5.32 Å². The molecule has 0 saturated carbocycles. The summed E-state index contributed by atoms with van der Waals surface area (Å²) in [7, 11) is 0. The molecular weight excluding hydrogens is 478 g/mol. The minimum Gasteiger partial charge on any atom is -0.456 e. The maximum Gasteiger partial charge on any atom is 0.411 e. The molecule has 1 saturated heterocycles. The van der Waals surface area contributed by atoms with Crippen LogP contribution in [0.15, 0.2) is 60.7 Å². The zero-order chi connectivity index (χ0) is 26.9. The molecule has 0 spiro atoms. The van der Waals surface area contributed by atoms with E-state index in [1.54, 1.807) is 6.07 Å². The number of carbonyl (C=O) groups excluding carboxylic acids is 2. The summed E-state index contributed by atoms with van der Waals surface area (Å²) in [6.07, 6.45) is -0.558. The van der Waals surface area contributed by atoms with Crippen LogP contribution < -0.4 is 15.5 Å². The lowest BCUT2D eigenvalue weighted by atomic mass is 9.98. The van der Waals surface area contributed by atoms with E-state index < -0.39 is 17.7 Å². The number of benzene rings is 3. The predicted molar refractivity (Wildman–Crippen MR) is 150 cm³/mol. The Labute approximate surface area is 224 Å². The molecule has 3 aromatic carbocycles. The van der Waals surface area contributed by atoms with Crippen LogP contribution in [0.1, 0.15) is 53.7 Å². The molecule has 0 aromatic heterocycles. The van der Waals surface area contributed by atoms with Crippen molar-refractivity contribution in [2.75, 3.05) is 43.0 Å². The van der Waals surface area contributed by atoms with E-state index in [2.05, 4.69) is 39.8 Å². The minimum atomic E-state index is -0.630. The Morgan fingerprint density at radius 2 is 1.58 bits per heavy atom. The second-order valence-electron chi connectivity index (χ2n) is 10.9. The number of ether oxygens (including phenoxy) is 2. The van der Waals surface area contributed by atoms with E-state index >= 15 is 0 Å². The summed E-state index contributed by atoms with van der Waals surface area (Å²) in [6.45, 7) is 11.0. The molecule has 198 valence electrons. The number of nitrogens with one attached hydrogen (secondary N) is 2. The molecule has 38 heavy (non-hydrogen) atoms. The number of hydrogen-bond donors (Lipinski definition) is 2. The predicted octanol–water partition coefficient (Wildman–Crippen LogP) is 5.72. The first-order valence-electron chi connectivity index (χ1n) is 13.2. The maximum atomic E-state index is 13.1. The molecule has 1 amide bonds. The molecule has 1 aliphatic heterocycles. The summed E-state index contributed by atoms with van der Waals surface area (Å²) in [5.74, 6) is -0.442. The average Bonchev–Trinajstić information content (AvgIpc) is 3.21. The van der Waals surface area contributed by atoms with Crippen LogP contribution in [0.4, 0.5) is 16.2 Å². The van der Waals surface area contributed by atoms with Gasteiger partial charge in [-0.15, -0.1) is 0 Å². The number of esters is 1. The standard InChI is InChI=1S/C31H35N3O4/c1-20-26(29(35)38-31(2,3)4)17-21(18-28(20)34-15-13-32-14-16-34)33-30(36)37-19-27-24-11-7-5-9-22(24)23-10-6-8-12-25(23)27/h5-12,17-18,27,32H,13-16,19H2,1-4H3,(H,33,36). The summed E-state index contributed by atoms with van der Waals surface area (Å²) in [5, 5.41) is 6.22. The van der Waals surface area contributed by atoms with Crippen LogP contribution in [-0.2, 0) is 9.47 Å². The zero-order valence-corrected chi connectivity index (χ0v) is 22.5. The van der Waals surface area contributed by atoms with E-state index in [0.717, 1.165) is 48.6 Å². The van der Waals surface area contributed by atoms with Gasteiger partial charge in [-0.25, -0.2) is 9.59 Å². The first-order valence-corrected chi connectivity index (χ1v) is 13.2. The quantitative estimate of drug-likeness (QED) is 0.425. The number of amides is 1. The summed E-state index contributed by atoms with van der Waals surface area (Å²) >= 11 is 0. The smallest absolute Gasteiger partial charge is 0.411 e. The van der Waals surface area contributed by atoms with Gasteiger partial charge in [-0.2, -0.15) is 0 Å². The van der Waals surface area contributed by atoms with Gasteiger partial charge in [-0.3, -0.25) is 5.32 Å². The molecule has 1 heterocycles. The lowest BCUT2D eigenvalue weighted by molar-refractivity contribution is 0.00687. The Bertz CT molecular complexity index is 1310. The summed E-state index contributed by atoms with van der Waals surface area (Å²) in [5.41, 5.74) is 6.72. The summed E-state index contributed by atoms with van der Waals surface area (Å²) < 4.78 is 11.4. The molecule has 2 N–H and O–H groups in total. The molecule has 0 radical (unpaired) electrons. The Kier molecular flexibility index (Phi) is 7.13. The third-order valence-corrected chi connectivity index (χ3v) is 7.05. The molecule has 7 heteroatoms. The van der Waals surface area contributed by atoms with Crippen LogP contribution in [0.5, 0.6) is 0 Å². The number of piperazine rings is 1. The van der Waals surface area contributed by atoms with Crippen molar-refractivity contribution < 1.29 is 19.1 Å². The van der Waals surface area contributed by atoms with E-state index in [1.165, 1.54) is 11.1 Å². The molecular formula is C31H35N3O4. The molecule has 1 fully saturated rings. The van der Waals surface area contributed by atoms with Gasteiger partial charge in [-0.1, -0.05) is 48.5 Å². The van der Waals surface area contributed by atoms with Gasteiger partial charge in [0.15, 0.2) is 0 Å². The highest BCUT2D eigenvalue weighted by atomic mass is 16.6. The normalized spacial score (nSPS) is 15.0. The number of carbonyl (C=O) groups is 2. The average molecular weight is 514 g/mol. The first-order chi connectivity index (χ1) is 18.2. The zero-order valence-electron chi connectivity index (χ0n) is 22.5. The van der Waals surface area contributed by atoms with E-state index in [1.807, 2.05) is 58.0 Å². The number of anilines is 2. The van der Waals surface area contributed by atoms with Gasteiger partial charge in [-0.05, 0) is 67.6 Å². The molecule has 3 aromatic rings. The van der Waals surface area contributed by atoms with E-state index in [9.17, 15) is 9.59 Å². The van der Waals surface area contributed by atoms with Crippen molar-refractivity contribution >= 4 is 23.4 Å². The van der Waals surface area contributed by atoms with Gasteiger partial charge >= 0.3 is 12.1 Å². The van der Waals surface area contributed by atoms with Gasteiger partial charge in [0.1, 0.15) is 12.2 Å². The van der Waals surface area contributed by atoms with Crippen molar-refractivity contribution in [2.24, 2.45) is 0 Å². The third-order valence-electron chi connectivity index (χ3n) is 7.05. The lowest BCUT2D eigenvalue weighted by Gasteiger charge is -2.32. The highest BCUT2D eigenvalue weighted by Gasteiger charge is 2.29. The van der Waals surface area contributed by atoms with Crippen molar-refractivity contribution in [2.45, 2.75) is 39.2 Å². The van der Waals surface area contributed by atoms with Gasteiger partial charge in [0.25, 0.3) is 0 Å². The first kappa shape index (κ1) is 25.8. The molecule has 7 nitrogen and oxygen atoms in total. The van der Waals surface area contributed by atoms with E-state index in [-0.39, 0.29) is 12.5 Å². The summed E-state index contributed by atoms with van der Waals surface area (Å²) in [6, 6.07) is 20.1. The summed E-state index contributed by atoms with van der Waals surface area (Å²) in [4.78, 5) is 28.3. The van der Waals surface area contributed by atoms with Crippen LogP contribution in [-0.4, -0.2) is 50.4 Å². The van der Waals surface area contributed by atoms with E-state index in [4.69, 9.17) is 9.47 Å². The molecule has 1 aliphatic carbocycles. The Morgan fingerprint density at radius 1 is 0.974 bits per heavy atom. The van der Waals surface area contributed by atoms with Gasteiger partial charge in [0, 0.05) is 43.5 Å². The molecule has 0 unspecified atom stereocenters. The fraction of sp³-hybridized carbons (Fsp3) is 0.355. The van der Waals surface area contributed by atoms with Crippen LogP contribution in [0.25, 0.3) is 11.1 Å². The van der Waals surface area contributed by atoms with Crippen LogP contribution in [0.3, 0.4) is 0 Å². The molecule has 5 rings (SSSR count). The molecule has 0 bridgehead atoms. The third kappa shape index (κ3) is 5.38. The van der Waals surface area contributed by atoms with Gasteiger partial charge in [0.05, 0.1) is 5.56 Å². The maximum absolute atomic E-state index is 13.1. The molecule has 2 aliphatic rings. The Balaban J connectivity index is 1.36. The second-order valence-corrected chi connectivity index (χ2v) is 10.9. The number of rotatable bonds is 5. The highest BCUT2D eigenvalue weighted by Crippen LogP contribution is 2.44. The fourth-order valence-corrected chi connectivity index (χ4v) is 5.30. The number of hydrogen-bond acceptors (Lipinski definition) is 6. The largest absolute Gasteiger partial charge is 0.456 e. The topological polar surface area (TPSA) is 79.9 Å². The minimum absolute atomic E-state index is 0.0279. The number of fused-ring (bicyclic) bond motifs is 3. The van der Waals surface area contributed by atoms with Crippen molar-refractivity contribution in [3.05, 3.63) is 82.9 Å². The SMILES string of the molecule is Cc1c(C(=O)OC(C)(C)C)cc(NC(=O)OCC2c3ccccc3-c3ccccc32)cc1N1CCNCC1. The van der Waals surface area contributed by atoms with Crippen molar-refractivity contribution in [1.29, 1.82) is 0 Å². The van der Waals surface area contributed by atoms with Gasteiger partial charge in [0.2, 0.25) is 0 Å². The monoisotopic (exact) mass is 513 g/mol. The lowest BCUT2D eigenvalue weighted by Crippen LogP contribution is -2.44. The number of nitrogens with zero attached hydrogens (tertiary/aromatic N) is 1. The van der Waals surface area contributed by atoms with Gasteiger partial charge < -0.3 is 19.7 Å². The van der Waals surface area contributed by atoms with Crippen LogP contribution in [0.2, 0.25) is 0 Å². The Hall–Kier alpha value is -3.84. The Morgan fingerprint density at radius 3 is 2.18 bits per heavy atom. The van der Waals surface area contributed by atoms with Crippen molar-refractivity contribution in [3.63, 3.8) is 0 Å². The van der Waals surface area contributed by atoms with Crippen LogP contribution >= 0.6 is 0 Å². The van der Waals surface area contributed by atoms with Crippen molar-refractivity contribution in [3.8, 4) is 11.1 Å².